The zero-order valence-electron chi connectivity index (χ0n) is 14.6. The molecule has 0 saturated carbocycles. The van der Waals surface area contributed by atoms with E-state index in [2.05, 4.69) is 5.32 Å². The van der Waals surface area contributed by atoms with Crippen molar-refractivity contribution in [2.24, 2.45) is 0 Å². The molecule has 0 fully saturated rings. The van der Waals surface area contributed by atoms with Crippen LogP contribution in [0.5, 0.6) is 11.5 Å². The molecule has 0 spiro atoms. The van der Waals surface area contributed by atoms with E-state index in [-0.39, 0.29) is 5.91 Å². The number of hydrogen-bond donors (Lipinski definition) is 1. The van der Waals surface area contributed by atoms with Gasteiger partial charge in [-0.2, -0.15) is 0 Å². The lowest BCUT2D eigenvalue weighted by atomic mass is 10.1. The minimum atomic E-state index is -0.167. The number of nitrogens with zero attached hydrogens (tertiary/aromatic N) is 1. The quantitative estimate of drug-likeness (QED) is 0.644. The smallest absolute Gasteiger partial charge is 0.244 e. The van der Waals surface area contributed by atoms with Crippen LogP contribution in [0.2, 0.25) is 0 Å². The Bertz CT molecular complexity index is 898. The van der Waals surface area contributed by atoms with Gasteiger partial charge in [0, 0.05) is 36.1 Å². The molecule has 0 unspecified atom stereocenters. The van der Waals surface area contributed by atoms with E-state index in [0.29, 0.717) is 18.0 Å². The van der Waals surface area contributed by atoms with E-state index in [1.807, 2.05) is 58.7 Å². The van der Waals surface area contributed by atoms with Crippen molar-refractivity contribution in [2.45, 2.75) is 6.54 Å². The summed E-state index contributed by atoms with van der Waals surface area (Å²) in [5, 5.41) is 6.05. The van der Waals surface area contributed by atoms with E-state index in [0.717, 1.165) is 16.1 Å². The summed E-state index contributed by atoms with van der Waals surface area (Å²) in [6.07, 6.45) is 7.20. The second-order valence-electron chi connectivity index (χ2n) is 5.50. The van der Waals surface area contributed by atoms with Gasteiger partial charge in [-0.1, -0.05) is 0 Å². The molecular formula is C20H20N2O3S. The lowest BCUT2D eigenvalue weighted by molar-refractivity contribution is -0.116. The number of benzene rings is 1. The summed E-state index contributed by atoms with van der Waals surface area (Å²) in [5.74, 6) is 1.22. The monoisotopic (exact) mass is 368 g/mol. The van der Waals surface area contributed by atoms with Crippen LogP contribution in [0.25, 0.3) is 11.1 Å². The molecule has 5 nitrogen and oxygen atoms in total. The second-order valence-corrected chi connectivity index (χ2v) is 6.39. The number of nitrogens with one attached hydrogen (secondary N) is 1. The second kappa shape index (κ2) is 8.40. The molecule has 0 aliphatic rings. The first kappa shape index (κ1) is 17.8. The summed E-state index contributed by atoms with van der Waals surface area (Å²) < 4.78 is 12.6. The van der Waals surface area contributed by atoms with Crippen molar-refractivity contribution in [3.05, 3.63) is 71.4 Å². The Labute approximate surface area is 156 Å². The molecule has 0 aliphatic heterocycles. The van der Waals surface area contributed by atoms with Crippen LogP contribution < -0.4 is 14.8 Å². The molecule has 26 heavy (non-hydrogen) atoms. The lowest BCUT2D eigenvalue weighted by Crippen LogP contribution is -2.20. The van der Waals surface area contributed by atoms with Gasteiger partial charge in [-0.05, 0) is 47.9 Å². The molecular weight excluding hydrogens is 348 g/mol. The fraction of sp³-hybridized carbons (Fsp3) is 0.150. The topological polar surface area (TPSA) is 52.5 Å². The van der Waals surface area contributed by atoms with Gasteiger partial charge in [0.2, 0.25) is 5.91 Å². The van der Waals surface area contributed by atoms with Gasteiger partial charge in [0.15, 0.2) is 0 Å². The fourth-order valence-corrected chi connectivity index (χ4v) is 3.43. The van der Waals surface area contributed by atoms with Gasteiger partial charge in [0.05, 0.1) is 14.2 Å². The summed E-state index contributed by atoms with van der Waals surface area (Å²) >= 11 is 1.64. The molecule has 0 atom stereocenters. The lowest BCUT2D eigenvalue weighted by Gasteiger charge is -2.07. The maximum Gasteiger partial charge on any atom is 0.244 e. The van der Waals surface area contributed by atoms with Crippen LogP contribution in [0.15, 0.2) is 60.2 Å². The standard InChI is InChI=1S/C20H20N2O3S/c1-24-17-6-7-18(25-2)15(13-17)5-8-19(23)21-14-16-9-12-26-20(16)22-10-3-4-11-22/h3-13H,14H2,1-2H3,(H,21,23). The van der Waals surface area contributed by atoms with E-state index in [1.165, 1.54) is 6.08 Å². The van der Waals surface area contributed by atoms with Gasteiger partial charge < -0.3 is 19.4 Å². The Morgan fingerprint density at radius 2 is 2.00 bits per heavy atom. The highest BCUT2D eigenvalue weighted by atomic mass is 32.1. The molecule has 134 valence electrons. The molecule has 1 amide bonds. The molecule has 3 aromatic rings. The highest BCUT2D eigenvalue weighted by Crippen LogP contribution is 2.25. The molecule has 0 saturated heterocycles. The highest BCUT2D eigenvalue weighted by Gasteiger charge is 2.07. The number of carbonyl (C=O) groups excluding carboxylic acids is 1. The molecule has 2 heterocycles. The van der Waals surface area contributed by atoms with Gasteiger partial charge in [-0.25, -0.2) is 0 Å². The minimum absolute atomic E-state index is 0.167. The SMILES string of the molecule is COc1ccc(OC)c(C=CC(=O)NCc2ccsc2-n2cccc2)c1. The third-order valence-electron chi connectivity index (χ3n) is 3.87. The van der Waals surface area contributed by atoms with Crippen LogP contribution in [-0.2, 0) is 11.3 Å². The molecule has 0 radical (unpaired) electrons. The molecule has 1 N–H and O–H groups in total. The predicted octanol–water partition coefficient (Wildman–Crippen LogP) is 3.89. The van der Waals surface area contributed by atoms with Crippen molar-refractivity contribution in [3.63, 3.8) is 0 Å². The number of rotatable bonds is 7. The van der Waals surface area contributed by atoms with Crippen LogP contribution in [0.3, 0.4) is 0 Å². The summed E-state index contributed by atoms with van der Waals surface area (Å²) in [4.78, 5) is 12.2. The van der Waals surface area contributed by atoms with E-state index < -0.39 is 0 Å². The number of amides is 1. The van der Waals surface area contributed by atoms with Crippen molar-refractivity contribution < 1.29 is 14.3 Å². The zero-order chi connectivity index (χ0) is 18.4. The summed E-state index contributed by atoms with van der Waals surface area (Å²) in [6.45, 7) is 0.468. The van der Waals surface area contributed by atoms with E-state index >= 15 is 0 Å². The van der Waals surface area contributed by atoms with Gasteiger partial charge in [0.1, 0.15) is 16.5 Å². The average molecular weight is 368 g/mol. The number of carbonyl (C=O) groups is 1. The highest BCUT2D eigenvalue weighted by molar-refractivity contribution is 7.12. The summed E-state index contributed by atoms with van der Waals surface area (Å²) in [7, 11) is 3.20. The van der Waals surface area contributed by atoms with Crippen LogP contribution in [0.4, 0.5) is 0 Å². The van der Waals surface area contributed by atoms with Crippen LogP contribution in [0.1, 0.15) is 11.1 Å². The number of methoxy groups -OCH3 is 2. The molecule has 3 rings (SSSR count). The molecule has 1 aromatic carbocycles. The van der Waals surface area contributed by atoms with E-state index in [9.17, 15) is 4.79 Å². The number of thiophene rings is 1. The number of aromatic nitrogens is 1. The number of hydrogen-bond acceptors (Lipinski definition) is 4. The third kappa shape index (κ3) is 4.15. The normalized spacial score (nSPS) is 10.8. The van der Waals surface area contributed by atoms with E-state index in [4.69, 9.17) is 9.47 Å². The summed E-state index contributed by atoms with van der Waals surface area (Å²) in [6, 6.07) is 11.4. The van der Waals surface area contributed by atoms with Gasteiger partial charge in [-0.3, -0.25) is 4.79 Å². The van der Waals surface area contributed by atoms with Crippen molar-refractivity contribution in [1.82, 2.24) is 9.88 Å². The van der Waals surface area contributed by atoms with E-state index in [1.54, 1.807) is 31.6 Å². The first-order valence-electron chi connectivity index (χ1n) is 8.09. The predicted molar refractivity (Wildman–Crippen MR) is 104 cm³/mol. The van der Waals surface area contributed by atoms with Crippen LogP contribution in [0, 0.1) is 0 Å². The Morgan fingerprint density at radius 3 is 2.73 bits per heavy atom. The molecule has 2 aromatic heterocycles. The Balaban J connectivity index is 1.65. The van der Waals surface area contributed by atoms with Gasteiger partial charge in [0.25, 0.3) is 0 Å². The van der Waals surface area contributed by atoms with Crippen molar-refractivity contribution >= 4 is 23.3 Å². The van der Waals surface area contributed by atoms with Gasteiger partial charge >= 0.3 is 0 Å². The number of ether oxygens (including phenoxy) is 2. The molecule has 0 aliphatic carbocycles. The Morgan fingerprint density at radius 1 is 1.19 bits per heavy atom. The van der Waals surface area contributed by atoms with Crippen molar-refractivity contribution in [2.75, 3.05) is 14.2 Å². The maximum absolute atomic E-state index is 12.2. The fourth-order valence-electron chi connectivity index (χ4n) is 2.54. The Hall–Kier alpha value is -2.99. The third-order valence-corrected chi connectivity index (χ3v) is 4.84. The van der Waals surface area contributed by atoms with Gasteiger partial charge in [-0.15, -0.1) is 11.3 Å². The van der Waals surface area contributed by atoms with Crippen molar-refractivity contribution in [1.29, 1.82) is 0 Å². The minimum Gasteiger partial charge on any atom is -0.497 e. The van der Waals surface area contributed by atoms with Crippen LogP contribution >= 0.6 is 11.3 Å². The zero-order valence-corrected chi connectivity index (χ0v) is 15.5. The average Bonchev–Trinajstić information content (AvgIpc) is 3.35. The first-order chi connectivity index (χ1) is 12.7. The Kier molecular flexibility index (Phi) is 5.76. The summed E-state index contributed by atoms with van der Waals surface area (Å²) in [5.41, 5.74) is 1.86. The molecule has 0 bridgehead atoms. The van der Waals surface area contributed by atoms with Crippen LogP contribution in [-0.4, -0.2) is 24.7 Å². The molecule has 6 heteroatoms. The maximum atomic E-state index is 12.2. The first-order valence-corrected chi connectivity index (χ1v) is 8.97. The van der Waals surface area contributed by atoms with Crippen molar-refractivity contribution in [3.8, 4) is 16.5 Å². The largest absolute Gasteiger partial charge is 0.497 e.